The van der Waals surface area contributed by atoms with E-state index in [0.717, 1.165) is 31.4 Å². The normalized spacial score (nSPS) is 16.0. The first-order chi connectivity index (χ1) is 11.5. The first kappa shape index (κ1) is 18.8. The van der Waals surface area contributed by atoms with Crippen molar-refractivity contribution < 1.29 is 9.59 Å². The molecule has 2 rings (SSSR count). The molecule has 0 radical (unpaired) electrons. The zero-order chi connectivity index (χ0) is 17.5. The maximum atomic E-state index is 12.1. The number of rotatable bonds is 7. The highest BCUT2D eigenvalue weighted by atomic mass is 32.2. The molecule has 5 heteroatoms. The summed E-state index contributed by atoms with van der Waals surface area (Å²) < 4.78 is 0. The van der Waals surface area contributed by atoms with Crippen LogP contribution in [0.4, 0.5) is 0 Å². The fourth-order valence-corrected chi connectivity index (χ4v) is 3.75. The lowest BCUT2D eigenvalue weighted by molar-refractivity contribution is -0.130. The van der Waals surface area contributed by atoms with Gasteiger partial charge < -0.3 is 10.6 Å². The van der Waals surface area contributed by atoms with Crippen molar-refractivity contribution in [2.45, 2.75) is 57.4 Å². The number of benzene rings is 1. The summed E-state index contributed by atoms with van der Waals surface area (Å²) in [5, 5.41) is 5.74. The molecule has 0 bridgehead atoms. The predicted octanol–water partition coefficient (Wildman–Crippen LogP) is 3.21. The molecule has 1 aromatic rings. The van der Waals surface area contributed by atoms with E-state index in [-0.39, 0.29) is 17.7 Å². The van der Waals surface area contributed by atoms with Crippen LogP contribution in [0.3, 0.4) is 0 Å². The summed E-state index contributed by atoms with van der Waals surface area (Å²) in [6, 6.07) is 5.94. The second kappa shape index (κ2) is 9.11. The number of hydrogen-bond donors (Lipinski definition) is 2. The van der Waals surface area contributed by atoms with Crippen LogP contribution in [0.15, 0.2) is 23.1 Å². The maximum Gasteiger partial charge on any atom is 0.242 e. The topological polar surface area (TPSA) is 58.2 Å². The number of hydrogen-bond acceptors (Lipinski definition) is 3. The van der Waals surface area contributed by atoms with Gasteiger partial charge in [0.15, 0.2) is 0 Å². The number of nitrogens with one attached hydrogen (secondary N) is 2. The summed E-state index contributed by atoms with van der Waals surface area (Å²) in [5.74, 6) is 0.833. The highest BCUT2D eigenvalue weighted by molar-refractivity contribution is 7.99. The van der Waals surface area contributed by atoms with Crippen LogP contribution in [0.1, 0.15) is 43.7 Å². The Bertz CT molecular complexity index is 583. The van der Waals surface area contributed by atoms with Crippen molar-refractivity contribution in [2.75, 3.05) is 12.3 Å². The quantitative estimate of drug-likeness (QED) is 0.588. The smallest absolute Gasteiger partial charge is 0.242 e. The molecule has 1 atom stereocenters. The van der Waals surface area contributed by atoms with Crippen LogP contribution in [0.2, 0.25) is 0 Å². The van der Waals surface area contributed by atoms with E-state index in [1.165, 1.54) is 16.0 Å². The molecule has 0 saturated heterocycles. The molecule has 0 aromatic heterocycles. The van der Waals surface area contributed by atoms with E-state index < -0.39 is 6.04 Å². The summed E-state index contributed by atoms with van der Waals surface area (Å²) in [5.41, 5.74) is 2.58. The molecule has 1 aromatic carbocycles. The summed E-state index contributed by atoms with van der Waals surface area (Å²) in [6.07, 6.45) is 4.14. The first-order valence-corrected chi connectivity index (χ1v) is 9.74. The molecule has 0 aliphatic heterocycles. The lowest BCUT2D eigenvalue weighted by Crippen LogP contribution is -2.46. The van der Waals surface area contributed by atoms with Gasteiger partial charge in [-0.3, -0.25) is 9.59 Å². The number of carbonyl (C=O) groups is 2. The average molecular weight is 349 g/mol. The van der Waals surface area contributed by atoms with E-state index in [9.17, 15) is 9.59 Å². The fraction of sp³-hybridized carbons (Fsp3) is 0.579. The highest BCUT2D eigenvalue weighted by Crippen LogP contribution is 2.24. The molecule has 132 valence electrons. The Morgan fingerprint density at radius 2 is 1.92 bits per heavy atom. The summed E-state index contributed by atoms with van der Waals surface area (Å²) in [7, 11) is 0. The summed E-state index contributed by atoms with van der Waals surface area (Å²) >= 11 is 1.73. The van der Waals surface area contributed by atoms with Crippen LogP contribution < -0.4 is 10.6 Å². The van der Waals surface area contributed by atoms with Crippen molar-refractivity contribution in [3.8, 4) is 0 Å². The van der Waals surface area contributed by atoms with Gasteiger partial charge in [-0.25, -0.2) is 0 Å². The second-order valence-corrected chi connectivity index (χ2v) is 7.77. The van der Waals surface area contributed by atoms with Crippen molar-refractivity contribution >= 4 is 23.6 Å². The largest absolute Gasteiger partial charge is 0.353 e. The molecule has 1 aliphatic carbocycles. The van der Waals surface area contributed by atoms with Gasteiger partial charge in [0.2, 0.25) is 11.8 Å². The third-order valence-electron chi connectivity index (χ3n) is 4.63. The Morgan fingerprint density at radius 1 is 1.21 bits per heavy atom. The van der Waals surface area contributed by atoms with Gasteiger partial charge in [-0.15, -0.1) is 11.8 Å². The van der Waals surface area contributed by atoms with Gasteiger partial charge in [0, 0.05) is 23.1 Å². The molecule has 4 nitrogen and oxygen atoms in total. The zero-order valence-electron chi connectivity index (χ0n) is 14.9. The van der Waals surface area contributed by atoms with Gasteiger partial charge in [0.05, 0.1) is 0 Å². The minimum Gasteiger partial charge on any atom is -0.353 e. The highest BCUT2D eigenvalue weighted by Gasteiger charge is 2.25. The molecular formula is C19H28N2O2S. The summed E-state index contributed by atoms with van der Waals surface area (Å²) in [6.45, 7) is 6.56. The van der Waals surface area contributed by atoms with Gasteiger partial charge in [0.1, 0.15) is 6.04 Å². The standard InChI is InChI=1S/C19H28N2O2S/c1-13-8-9-17(12-14(13)2)24-11-10-20-18(22)15(3)21-19(23)16-6-4-5-7-16/h8-9,12,15-16H,4-7,10-11H2,1-3H3,(H,20,22)(H,21,23)/t15-/m1/s1. The number of amides is 2. The number of thioether (sulfide) groups is 1. The Morgan fingerprint density at radius 3 is 2.58 bits per heavy atom. The van der Waals surface area contributed by atoms with E-state index in [1.54, 1.807) is 18.7 Å². The molecule has 0 spiro atoms. The molecule has 2 N–H and O–H groups in total. The third kappa shape index (κ3) is 5.55. The minimum atomic E-state index is -0.468. The predicted molar refractivity (Wildman–Crippen MR) is 99.2 cm³/mol. The molecule has 1 fully saturated rings. The molecule has 24 heavy (non-hydrogen) atoms. The van der Waals surface area contributed by atoms with E-state index in [1.807, 2.05) is 0 Å². The van der Waals surface area contributed by atoms with Crippen LogP contribution in [0.25, 0.3) is 0 Å². The zero-order valence-corrected chi connectivity index (χ0v) is 15.7. The van der Waals surface area contributed by atoms with Crippen LogP contribution in [0.5, 0.6) is 0 Å². The second-order valence-electron chi connectivity index (χ2n) is 6.60. The van der Waals surface area contributed by atoms with Crippen molar-refractivity contribution in [3.05, 3.63) is 29.3 Å². The third-order valence-corrected chi connectivity index (χ3v) is 5.62. The first-order valence-electron chi connectivity index (χ1n) is 8.75. The van der Waals surface area contributed by atoms with Gasteiger partial charge in [-0.05, 0) is 56.9 Å². The van der Waals surface area contributed by atoms with Crippen LogP contribution in [-0.4, -0.2) is 30.2 Å². The summed E-state index contributed by atoms with van der Waals surface area (Å²) in [4.78, 5) is 25.3. The molecule has 2 amide bonds. The molecule has 1 aliphatic rings. The maximum absolute atomic E-state index is 12.1. The van der Waals surface area contributed by atoms with Crippen LogP contribution in [-0.2, 0) is 9.59 Å². The Balaban J connectivity index is 1.66. The Hall–Kier alpha value is -1.49. The Labute approximate surface area is 149 Å². The lowest BCUT2D eigenvalue weighted by Gasteiger charge is -2.16. The van der Waals surface area contributed by atoms with Gasteiger partial charge in [-0.1, -0.05) is 18.9 Å². The molecule has 0 unspecified atom stereocenters. The van der Waals surface area contributed by atoms with Crippen LogP contribution >= 0.6 is 11.8 Å². The molecule has 0 heterocycles. The van der Waals surface area contributed by atoms with Gasteiger partial charge in [-0.2, -0.15) is 0 Å². The van der Waals surface area contributed by atoms with E-state index in [0.29, 0.717) is 6.54 Å². The van der Waals surface area contributed by atoms with Crippen molar-refractivity contribution in [2.24, 2.45) is 5.92 Å². The SMILES string of the molecule is Cc1ccc(SCCNC(=O)[C@@H](C)NC(=O)C2CCCC2)cc1C. The number of carbonyl (C=O) groups excluding carboxylic acids is 2. The monoisotopic (exact) mass is 348 g/mol. The van der Waals surface area contributed by atoms with Crippen molar-refractivity contribution in [1.29, 1.82) is 0 Å². The average Bonchev–Trinajstić information content (AvgIpc) is 3.09. The van der Waals surface area contributed by atoms with Gasteiger partial charge in [0.25, 0.3) is 0 Å². The van der Waals surface area contributed by atoms with Crippen molar-refractivity contribution in [1.82, 2.24) is 10.6 Å². The van der Waals surface area contributed by atoms with E-state index in [2.05, 4.69) is 42.7 Å². The molecular weight excluding hydrogens is 320 g/mol. The van der Waals surface area contributed by atoms with E-state index >= 15 is 0 Å². The molecule has 1 saturated carbocycles. The van der Waals surface area contributed by atoms with Gasteiger partial charge >= 0.3 is 0 Å². The minimum absolute atomic E-state index is 0.0275. The van der Waals surface area contributed by atoms with Crippen molar-refractivity contribution in [3.63, 3.8) is 0 Å². The van der Waals surface area contributed by atoms with E-state index in [4.69, 9.17) is 0 Å². The van der Waals surface area contributed by atoms with Crippen LogP contribution in [0, 0.1) is 19.8 Å². The fourth-order valence-electron chi connectivity index (χ4n) is 2.88. The lowest BCUT2D eigenvalue weighted by atomic mass is 10.1. The number of aryl methyl sites for hydroxylation is 2. The Kier molecular flexibility index (Phi) is 7.16.